The largest absolute Gasteiger partial charge is 0.354 e. The van der Waals surface area contributed by atoms with E-state index in [1.807, 2.05) is 18.2 Å². The van der Waals surface area contributed by atoms with Gasteiger partial charge in [-0.05, 0) is 30.3 Å². The Morgan fingerprint density at radius 2 is 1.83 bits per heavy atom. The highest BCUT2D eigenvalue weighted by molar-refractivity contribution is 5.93. The van der Waals surface area contributed by atoms with Gasteiger partial charge in [0.1, 0.15) is 5.53 Å². The molecule has 5 nitrogen and oxygen atoms in total. The summed E-state index contributed by atoms with van der Waals surface area (Å²) in [4.78, 5) is 18.4. The molecule has 0 fully saturated rings. The van der Waals surface area contributed by atoms with Crippen LogP contribution >= 0.6 is 0 Å². The maximum absolute atomic E-state index is 12.2. The SMILES string of the molecule is N=[N+]=Nc1ccc2c(=O)c3ccccc3[nH]c2c1. The molecule has 0 aliphatic carbocycles. The summed E-state index contributed by atoms with van der Waals surface area (Å²) in [7, 11) is 0. The normalized spacial score (nSPS) is 10.4. The maximum Gasteiger partial charge on any atom is 0.220 e. The van der Waals surface area contributed by atoms with E-state index in [9.17, 15) is 4.79 Å². The molecule has 0 saturated heterocycles. The van der Waals surface area contributed by atoms with Crippen LogP contribution in [0.5, 0.6) is 0 Å². The van der Waals surface area contributed by atoms with Crippen LogP contribution in [0.3, 0.4) is 0 Å². The van der Waals surface area contributed by atoms with Gasteiger partial charge in [-0.3, -0.25) is 4.79 Å². The monoisotopic (exact) mass is 237 g/mol. The standard InChI is InChI=1S/C13H8N4O/c14-17-16-8-5-6-10-12(7-8)15-11-4-2-1-3-9(11)13(10)18/h1-7,14H/p+1. The lowest BCUT2D eigenvalue weighted by Crippen LogP contribution is -2.03. The van der Waals surface area contributed by atoms with Gasteiger partial charge in [-0.15, -0.1) is 0 Å². The summed E-state index contributed by atoms with van der Waals surface area (Å²) < 4.78 is 0. The minimum absolute atomic E-state index is 0.00582. The van der Waals surface area contributed by atoms with Gasteiger partial charge < -0.3 is 4.98 Å². The van der Waals surface area contributed by atoms with Gasteiger partial charge in [-0.2, -0.15) is 0 Å². The first-order valence-corrected chi connectivity index (χ1v) is 5.42. The van der Waals surface area contributed by atoms with Crippen molar-refractivity contribution in [3.63, 3.8) is 0 Å². The maximum atomic E-state index is 12.2. The molecule has 5 heteroatoms. The van der Waals surface area contributed by atoms with Gasteiger partial charge in [0.15, 0.2) is 16.2 Å². The molecule has 0 aliphatic heterocycles. The molecule has 0 spiro atoms. The summed E-state index contributed by atoms with van der Waals surface area (Å²) in [5.41, 5.74) is 8.73. The number of aromatic nitrogens is 1. The first-order valence-electron chi connectivity index (χ1n) is 5.42. The molecule has 1 heterocycles. The van der Waals surface area contributed by atoms with Crippen molar-refractivity contribution < 1.29 is 0 Å². The average molecular weight is 237 g/mol. The fourth-order valence-electron chi connectivity index (χ4n) is 2.03. The van der Waals surface area contributed by atoms with Crippen molar-refractivity contribution in [2.24, 2.45) is 5.11 Å². The van der Waals surface area contributed by atoms with Crippen molar-refractivity contribution in [1.82, 2.24) is 9.90 Å². The predicted octanol–water partition coefficient (Wildman–Crippen LogP) is 2.86. The molecular weight excluding hydrogens is 228 g/mol. The number of pyridine rings is 1. The number of rotatable bonds is 1. The topological polar surface area (TPSA) is 83.2 Å². The number of nitrogens with zero attached hydrogens (tertiary/aromatic N) is 2. The minimum atomic E-state index is -0.00582. The van der Waals surface area contributed by atoms with Gasteiger partial charge in [0.05, 0.1) is 5.52 Å². The van der Waals surface area contributed by atoms with Gasteiger partial charge in [-0.1, -0.05) is 12.1 Å². The molecule has 0 aliphatic rings. The van der Waals surface area contributed by atoms with E-state index in [1.54, 1.807) is 24.3 Å². The second-order valence-electron chi connectivity index (χ2n) is 3.93. The number of para-hydroxylation sites is 1. The van der Waals surface area contributed by atoms with Gasteiger partial charge in [-0.25, -0.2) is 0 Å². The molecule has 3 aromatic rings. The van der Waals surface area contributed by atoms with Gasteiger partial charge in [0.25, 0.3) is 0 Å². The Morgan fingerprint density at radius 1 is 1.06 bits per heavy atom. The average Bonchev–Trinajstić information content (AvgIpc) is 2.39. The molecule has 86 valence electrons. The van der Waals surface area contributed by atoms with Crippen molar-refractivity contribution in [2.45, 2.75) is 0 Å². The Labute approximate surface area is 101 Å². The third kappa shape index (κ3) is 1.50. The quantitative estimate of drug-likeness (QED) is 0.380. The predicted molar refractivity (Wildman–Crippen MR) is 69.0 cm³/mol. The highest BCUT2D eigenvalue weighted by atomic mass is 16.1. The molecule has 0 unspecified atom stereocenters. The van der Waals surface area contributed by atoms with E-state index in [4.69, 9.17) is 5.53 Å². The van der Waals surface area contributed by atoms with Crippen LogP contribution in [0.2, 0.25) is 0 Å². The molecule has 1 aromatic heterocycles. The van der Waals surface area contributed by atoms with Crippen LogP contribution in [-0.2, 0) is 0 Å². The van der Waals surface area contributed by atoms with E-state index in [2.05, 4.69) is 15.0 Å². The smallest absolute Gasteiger partial charge is 0.220 e. The number of benzene rings is 2. The Balaban J connectivity index is 2.47. The Bertz CT molecular complexity index is 860. The minimum Gasteiger partial charge on any atom is -0.354 e. The van der Waals surface area contributed by atoms with E-state index < -0.39 is 0 Å². The van der Waals surface area contributed by atoms with Gasteiger partial charge >= 0.3 is 0 Å². The molecule has 0 saturated carbocycles. The van der Waals surface area contributed by atoms with E-state index >= 15 is 0 Å². The van der Waals surface area contributed by atoms with Crippen LogP contribution < -0.4 is 10.3 Å². The summed E-state index contributed by atoms with van der Waals surface area (Å²) in [5, 5.41) is 4.91. The van der Waals surface area contributed by atoms with Crippen LogP contribution in [0.15, 0.2) is 52.4 Å². The second-order valence-corrected chi connectivity index (χ2v) is 3.93. The fraction of sp³-hybridized carbons (Fsp3) is 0. The zero-order chi connectivity index (χ0) is 12.5. The second kappa shape index (κ2) is 3.91. The number of hydrogen-bond donors (Lipinski definition) is 2. The highest BCUT2D eigenvalue weighted by Crippen LogP contribution is 2.19. The van der Waals surface area contributed by atoms with E-state index in [1.165, 1.54) is 0 Å². The Kier molecular flexibility index (Phi) is 2.25. The number of aromatic amines is 1. The molecule has 0 amide bonds. The van der Waals surface area contributed by atoms with Crippen LogP contribution in [0.1, 0.15) is 0 Å². The van der Waals surface area contributed by atoms with Crippen LogP contribution in [0.25, 0.3) is 21.8 Å². The first kappa shape index (κ1) is 10.4. The molecular formula is C13H9N4O+. The summed E-state index contributed by atoms with van der Waals surface area (Å²) in [6.45, 7) is 0. The van der Waals surface area contributed by atoms with Crippen LogP contribution in [0, 0.1) is 5.53 Å². The summed E-state index contributed by atoms with van der Waals surface area (Å²) in [5.74, 6) is 0. The van der Waals surface area contributed by atoms with Crippen molar-refractivity contribution in [2.75, 3.05) is 0 Å². The van der Waals surface area contributed by atoms with Crippen molar-refractivity contribution in [3.8, 4) is 0 Å². The Hall–Kier alpha value is -2.78. The van der Waals surface area contributed by atoms with Crippen molar-refractivity contribution in [3.05, 3.63) is 52.7 Å². The zero-order valence-electron chi connectivity index (χ0n) is 9.34. The lowest BCUT2D eigenvalue weighted by atomic mass is 10.1. The fourth-order valence-corrected chi connectivity index (χ4v) is 2.03. The van der Waals surface area contributed by atoms with Gasteiger partial charge in [0, 0.05) is 16.3 Å². The zero-order valence-corrected chi connectivity index (χ0v) is 9.34. The molecule has 0 atom stereocenters. The lowest BCUT2D eigenvalue weighted by Gasteiger charge is -2.01. The van der Waals surface area contributed by atoms with E-state index in [0.717, 1.165) is 5.52 Å². The van der Waals surface area contributed by atoms with Crippen molar-refractivity contribution in [1.29, 1.82) is 5.53 Å². The van der Waals surface area contributed by atoms with Crippen LogP contribution in [0.4, 0.5) is 5.69 Å². The molecule has 0 bridgehead atoms. The molecule has 2 aromatic carbocycles. The molecule has 0 radical (unpaired) electrons. The van der Waals surface area contributed by atoms with Crippen LogP contribution in [-0.4, -0.2) is 4.98 Å². The third-order valence-corrected chi connectivity index (χ3v) is 2.85. The summed E-state index contributed by atoms with van der Waals surface area (Å²) in [6, 6.07) is 12.4. The van der Waals surface area contributed by atoms with E-state index in [-0.39, 0.29) is 5.43 Å². The number of H-pyrrole nitrogens is 1. The van der Waals surface area contributed by atoms with E-state index in [0.29, 0.717) is 22.0 Å². The number of hydrogen-bond acceptors (Lipinski definition) is 3. The molecule has 3 rings (SSSR count). The van der Waals surface area contributed by atoms with Crippen molar-refractivity contribution >= 4 is 27.5 Å². The number of nitrogens with one attached hydrogen (secondary N) is 2. The highest BCUT2D eigenvalue weighted by Gasteiger charge is 2.06. The number of fused-ring (bicyclic) bond motifs is 2. The lowest BCUT2D eigenvalue weighted by molar-refractivity contribution is 0.992. The first-order chi connectivity index (χ1) is 8.79. The molecule has 2 N–H and O–H groups in total. The van der Waals surface area contributed by atoms with Gasteiger partial charge in [0.2, 0.25) is 4.91 Å². The Morgan fingerprint density at radius 3 is 2.67 bits per heavy atom. The summed E-state index contributed by atoms with van der Waals surface area (Å²) in [6.07, 6.45) is 0. The third-order valence-electron chi connectivity index (χ3n) is 2.85. The summed E-state index contributed by atoms with van der Waals surface area (Å²) >= 11 is 0. The molecule has 18 heavy (non-hydrogen) atoms.